The molecule has 2 aromatic rings. The molecule has 0 bridgehead atoms. The van der Waals surface area contributed by atoms with Crippen molar-refractivity contribution in [3.05, 3.63) is 35.8 Å². The van der Waals surface area contributed by atoms with Crippen LogP contribution < -0.4 is 5.32 Å². The summed E-state index contributed by atoms with van der Waals surface area (Å²) in [6, 6.07) is 7.93. The number of nitrogens with one attached hydrogen (secondary N) is 1. The summed E-state index contributed by atoms with van der Waals surface area (Å²) in [5.41, 5.74) is 1.96. The van der Waals surface area contributed by atoms with Crippen LogP contribution in [0.25, 0.3) is 10.6 Å². The van der Waals surface area contributed by atoms with Crippen LogP contribution in [-0.4, -0.2) is 10.9 Å². The molecule has 1 N–H and O–H groups in total. The van der Waals surface area contributed by atoms with Crippen molar-refractivity contribution in [1.29, 1.82) is 0 Å². The van der Waals surface area contributed by atoms with Gasteiger partial charge in [-0.3, -0.25) is 4.79 Å². The molecule has 21 heavy (non-hydrogen) atoms. The van der Waals surface area contributed by atoms with Crippen molar-refractivity contribution in [2.24, 2.45) is 11.8 Å². The molecule has 4 heteroatoms. The second-order valence-electron chi connectivity index (χ2n) is 5.74. The van der Waals surface area contributed by atoms with Gasteiger partial charge in [-0.25, -0.2) is 4.98 Å². The predicted octanol–water partition coefficient (Wildman–Crippen LogP) is 4.57. The molecule has 1 aliphatic carbocycles. The van der Waals surface area contributed by atoms with Gasteiger partial charge in [0.25, 0.3) is 0 Å². The second-order valence-corrected chi connectivity index (χ2v) is 6.63. The number of carbonyl (C=O) groups excluding carboxylic acids is 1. The molecule has 1 atom stereocenters. The van der Waals surface area contributed by atoms with Gasteiger partial charge in [-0.15, -0.1) is 11.3 Å². The minimum Gasteiger partial charge on any atom is -0.326 e. The molecule has 3 rings (SSSR count). The molecule has 1 unspecified atom stereocenters. The Morgan fingerprint density at radius 2 is 2.00 bits per heavy atom. The van der Waals surface area contributed by atoms with E-state index < -0.39 is 0 Å². The van der Waals surface area contributed by atoms with Crippen molar-refractivity contribution < 1.29 is 4.79 Å². The van der Waals surface area contributed by atoms with Gasteiger partial charge >= 0.3 is 0 Å². The molecule has 1 aromatic heterocycles. The molecule has 1 fully saturated rings. The summed E-state index contributed by atoms with van der Waals surface area (Å²) in [6.07, 6.45) is 6.73. The van der Waals surface area contributed by atoms with Crippen LogP contribution in [0.3, 0.4) is 0 Å². The summed E-state index contributed by atoms with van der Waals surface area (Å²) in [7, 11) is 0. The minimum absolute atomic E-state index is 0.103. The molecule has 3 nitrogen and oxygen atoms in total. The monoisotopic (exact) mass is 300 g/mol. The van der Waals surface area contributed by atoms with E-state index in [0.29, 0.717) is 5.92 Å². The van der Waals surface area contributed by atoms with Gasteiger partial charge in [0.05, 0.1) is 0 Å². The fraction of sp³-hybridized carbons (Fsp3) is 0.412. The van der Waals surface area contributed by atoms with Crippen molar-refractivity contribution in [3.8, 4) is 10.6 Å². The average molecular weight is 300 g/mol. The van der Waals surface area contributed by atoms with Crippen molar-refractivity contribution in [3.63, 3.8) is 0 Å². The van der Waals surface area contributed by atoms with Crippen LogP contribution in [0.4, 0.5) is 5.69 Å². The number of thiazole rings is 1. The lowest BCUT2D eigenvalue weighted by Gasteiger charge is -2.18. The Morgan fingerprint density at radius 3 is 2.62 bits per heavy atom. The van der Waals surface area contributed by atoms with E-state index >= 15 is 0 Å². The predicted molar refractivity (Wildman–Crippen MR) is 87.3 cm³/mol. The highest BCUT2D eigenvalue weighted by Crippen LogP contribution is 2.32. The molecule has 110 valence electrons. The zero-order chi connectivity index (χ0) is 14.7. The summed E-state index contributed by atoms with van der Waals surface area (Å²) in [4.78, 5) is 16.6. The molecule has 0 saturated heterocycles. The molecular formula is C17H20N2OS. The van der Waals surface area contributed by atoms with Gasteiger partial charge in [0, 0.05) is 28.7 Å². The third kappa shape index (κ3) is 3.32. The van der Waals surface area contributed by atoms with Crippen LogP contribution >= 0.6 is 11.3 Å². The Labute approximate surface area is 129 Å². The number of rotatable bonds is 4. The Bertz CT molecular complexity index is 586. The van der Waals surface area contributed by atoms with E-state index in [0.717, 1.165) is 16.3 Å². The summed E-state index contributed by atoms with van der Waals surface area (Å²) < 4.78 is 0. The molecule has 0 aliphatic heterocycles. The van der Waals surface area contributed by atoms with E-state index in [1.54, 1.807) is 17.5 Å². The smallest absolute Gasteiger partial charge is 0.227 e. The second kappa shape index (κ2) is 6.39. The van der Waals surface area contributed by atoms with E-state index in [2.05, 4.69) is 17.2 Å². The standard InChI is InChI=1S/C17H20N2OS/c1-12(13-4-2-3-5-13)16(20)19-15-8-6-14(7-9-15)17-18-10-11-21-17/h6-13H,2-5H2,1H3,(H,19,20). The van der Waals surface area contributed by atoms with Gasteiger partial charge < -0.3 is 5.32 Å². The molecular weight excluding hydrogens is 280 g/mol. The fourth-order valence-corrected chi connectivity index (χ4v) is 3.63. The first kappa shape index (κ1) is 14.3. The maximum Gasteiger partial charge on any atom is 0.227 e. The van der Waals surface area contributed by atoms with Crippen LogP contribution in [0.2, 0.25) is 0 Å². The van der Waals surface area contributed by atoms with E-state index in [1.807, 2.05) is 29.6 Å². The number of benzene rings is 1. The van der Waals surface area contributed by atoms with Crippen LogP contribution in [0.5, 0.6) is 0 Å². The Morgan fingerprint density at radius 1 is 1.29 bits per heavy atom. The first-order valence-corrected chi connectivity index (χ1v) is 8.43. The Balaban J connectivity index is 1.63. The number of carbonyl (C=O) groups is 1. The van der Waals surface area contributed by atoms with Gasteiger partial charge in [-0.2, -0.15) is 0 Å². The van der Waals surface area contributed by atoms with Crippen LogP contribution in [0.15, 0.2) is 35.8 Å². The first-order valence-electron chi connectivity index (χ1n) is 7.55. The molecule has 1 aliphatic rings. The minimum atomic E-state index is 0.103. The Hall–Kier alpha value is -1.68. The molecule has 1 heterocycles. The van der Waals surface area contributed by atoms with Gasteiger partial charge in [-0.05, 0) is 43.0 Å². The maximum atomic E-state index is 12.3. The average Bonchev–Trinajstić information content (AvgIpc) is 3.20. The largest absolute Gasteiger partial charge is 0.326 e. The third-order valence-corrected chi connectivity index (χ3v) is 5.17. The van der Waals surface area contributed by atoms with Gasteiger partial charge in [0.15, 0.2) is 0 Å². The quantitative estimate of drug-likeness (QED) is 0.898. The van der Waals surface area contributed by atoms with Gasteiger partial charge in [-0.1, -0.05) is 19.8 Å². The van der Waals surface area contributed by atoms with Crippen LogP contribution in [-0.2, 0) is 4.79 Å². The molecule has 0 radical (unpaired) electrons. The lowest BCUT2D eigenvalue weighted by molar-refractivity contribution is -0.120. The fourth-order valence-electron chi connectivity index (χ4n) is 2.99. The zero-order valence-corrected chi connectivity index (χ0v) is 13.0. The topological polar surface area (TPSA) is 42.0 Å². The van der Waals surface area contributed by atoms with E-state index in [4.69, 9.17) is 0 Å². The highest BCUT2D eigenvalue weighted by molar-refractivity contribution is 7.13. The third-order valence-electron chi connectivity index (χ3n) is 4.35. The van der Waals surface area contributed by atoms with Crippen molar-refractivity contribution in [2.75, 3.05) is 5.32 Å². The van der Waals surface area contributed by atoms with E-state index in [-0.39, 0.29) is 11.8 Å². The molecule has 1 amide bonds. The van der Waals surface area contributed by atoms with E-state index in [9.17, 15) is 4.79 Å². The van der Waals surface area contributed by atoms with Crippen LogP contribution in [0, 0.1) is 11.8 Å². The maximum absolute atomic E-state index is 12.3. The zero-order valence-electron chi connectivity index (χ0n) is 12.2. The molecule has 0 spiro atoms. The van der Waals surface area contributed by atoms with Crippen LogP contribution in [0.1, 0.15) is 32.6 Å². The lowest BCUT2D eigenvalue weighted by atomic mass is 9.92. The van der Waals surface area contributed by atoms with Crippen molar-refractivity contribution in [2.45, 2.75) is 32.6 Å². The number of hydrogen-bond acceptors (Lipinski definition) is 3. The number of anilines is 1. The normalized spacial score (nSPS) is 16.8. The number of amides is 1. The summed E-state index contributed by atoms with van der Waals surface area (Å²) in [5.74, 6) is 0.801. The number of hydrogen-bond donors (Lipinski definition) is 1. The van der Waals surface area contributed by atoms with Gasteiger partial charge in [0.2, 0.25) is 5.91 Å². The lowest BCUT2D eigenvalue weighted by Crippen LogP contribution is -2.25. The summed E-state index contributed by atoms with van der Waals surface area (Å²) in [6.45, 7) is 2.05. The summed E-state index contributed by atoms with van der Waals surface area (Å²) >= 11 is 1.62. The van der Waals surface area contributed by atoms with Crippen molar-refractivity contribution in [1.82, 2.24) is 4.98 Å². The number of aromatic nitrogens is 1. The Kier molecular flexibility index (Phi) is 4.34. The first-order chi connectivity index (χ1) is 10.2. The highest BCUT2D eigenvalue weighted by atomic mass is 32.1. The molecule has 1 aromatic carbocycles. The highest BCUT2D eigenvalue weighted by Gasteiger charge is 2.26. The molecule has 1 saturated carbocycles. The van der Waals surface area contributed by atoms with E-state index in [1.165, 1.54) is 25.7 Å². The van der Waals surface area contributed by atoms with Gasteiger partial charge in [0.1, 0.15) is 5.01 Å². The SMILES string of the molecule is CC(C(=O)Nc1ccc(-c2nccs2)cc1)C1CCCC1. The summed E-state index contributed by atoms with van der Waals surface area (Å²) in [5, 5.41) is 6.01. The van der Waals surface area contributed by atoms with Crippen molar-refractivity contribution >= 4 is 22.9 Å². The number of nitrogens with zero attached hydrogens (tertiary/aromatic N) is 1.